The molecule has 1 fully saturated rings. The van der Waals surface area contributed by atoms with Crippen molar-refractivity contribution in [3.8, 4) is 0 Å². The molecule has 1 unspecified atom stereocenters. The Hall–Kier alpha value is -3.51. The first-order valence-corrected chi connectivity index (χ1v) is 10.1. The van der Waals surface area contributed by atoms with Gasteiger partial charge in [0.15, 0.2) is 0 Å². The Morgan fingerprint density at radius 2 is 2.03 bits per heavy atom. The average molecular weight is 406 g/mol. The lowest BCUT2D eigenvalue weighted by Crippen LogP contribution is -2.46. The Kier molecular flexibility index (Phi) is 5.86. The standard InChI is InChI=1S/C24H25N5O.3H2/c1-2-7-18-11-12-21(28-22(18)23(30)19-10-6-13-27-24(19)25)29-15-14-26-20(16-29)17-8-4-3-5-9-17;;;/h2-13,20,26H,14-16H2,1H3,(H2,25,27);3*1H/b7-2-;;;. The lowest BCUT2D eigenvalue weighted by atomic mass is 10.0. The Morgan fingerprint density at radius 3 is 2.80 bits per heavy atom. The van der Waals surface area contributed by atoms with Crippen molar-refractivity contribution in [2.45, 2.75) is 13.0 Å². The minimum absolute atomic E-state index is 0. The second-order valence-corrected chi connectivity index (χ2v) is 7.24. The first-order valence-electron chi connectivity index (χ1n) is 10.1. The van der Waals surface area contributed by atoms with Crippen molar-refractivity contribution in [3.63, 3.8) is 0 Å². The van der Waals surface area contributed by atoms with Gasteiger partial charge in [0.1, 0.15) is 17.3 Å². The lowest BCUT2D eigenvalue weighted by Gasteiger charge is -2.35. The first-order chi connectivity index (χ1) is 14.7. The molecule has 1 aromatic carbocycles. The smallest absolute Gasteiger partial charge is 0.215 e. The Morgan fingerprint density at radius 1 is 1.20 bits per heavy atom. The fourth-order valence-corrected chi connectivity index (χ4v) is 3.74. The SMILES string of the molecule is C/C=C\c1ccc(N2CCNC(c3ccccc3)C2)nc1C(=O)c1cccnc1N.[HH].[HH].[HH]. The van der Waals surface area contributed by atoms with Crippen LogP contribution >= 0.6 is 0 Å². The van der Waals surface area contributed by atoms with Gasteiger partial charge in [0.25, 0.3) is 0 Å². The second-order valence-electron chi connectivity index (χ2n) is 7.24. The Labute approximate surface area is 180 Å². The molecule has 0 spiro atoms. The van der Waals surface area contributed by atoms with Crippen LogP contribution in [0.5, 0.6) is 0 Å². The van der Waals surface area contributed by atoms with Crippen molar-refractivity contribution in [1.29, 1.82) is 0 Å². The van der Waals surface area contributed by atoms with Gasteiger partial charge in [0.05, 0.1) is 5.56 Å². The van der Waals surface area contributed by atoms with E-state index in [2.05, 4.69) is 39.5 Å². The van der Waals surface area contributed by atoms with Crippen LogP contribution in [0.15, 0.2) is 66.9 Å². The van der Waals surface area contributed by atoms with E-state index in [1.165, 1.54) is 5.56 Å². The number of nitrogens with one attached hydrogen (secondary N) is 1. The van der Waals surface area contributed by atoms with E-state index in [-0.39, 0.29) is 21.9 Å². The molecule has 1 atom stereocenters. The van der Waals surface area contributed by atoms with Gasteiger partial charge in [-0.05, 0) is 36.8 Å². The number of nitrogens with zero attached hydrogens (tertiary/aromatic N) is 3. The maximum Gasteiger partial charge on any atom is 0.215 e. The third-order valence-electron chi connectivity index (χ3n) is 5.26. The van der Waals surface area contributed by atoms with Crippen LogP contribution in [0.4, 0.5) is 11.6 Å². The molecule has 3 aromatic rings. The number of carbonyl (C=O) groups is 1. The van der Waals surface area contributed by atoms with Gasteiger partial charge >= 0.3 is 0 Å². The van der Waals surface area contributed by atoms with E-state index in [0.717, 1.165) is 31.0 Å². The number of hydrogen-bond acceptors (Lipinski definition) is 6. The maximum atomic E-state index is 13.2. The summed E-state index contributed by atoms with van der Waals surface area (Å²) in [5.74, 6) is 0.786. The zero-order chi connectivity index (χ0) is 20.9. The molecule has 30 heavy (non-hydrogen) atoms. The van der Waals surface area contributed by atoms with Gasteiger partial charge in [-0.15, -0.1) is 0 Å². The average Bonchev–Trinajstić information content (AvgIpc) is 2.80. The minimum atomic E-state index is -0.217. The van der Waals surface area contributed by atoms with Gasteiger partial charge in [-0.1, -0.05) is 42.5 Å². The predicted octanol–water partition coefficient (Wildman–Crippen LogP) is 4.21. The zero-order valence-corrected chi connectivity index (χ0v) is 17.0. The number of carbonyl (C=O) groups excluding carboxylic acids is 1. The van der Waals surface area contributed by atoms with E-state index < -0.39 is 0 Å². The summed E-state index contributed by atoms with van der Waals surface area (Å²) in [6.45, 7) is 4.36. The zero-order valence-electron chi connectivity index (χ0n) is 17.0. The largest absolute Gasteiger partial charge is 0.383 e. The molecule has 0 bridgehead atoms. The number of allylic oxidation sites excluding steroid dienone is 1. The summed E-state index contributed by atoms with van der Waals surface area (Å²) in [5, 5.41) is 3.57. The number of nitrogen functional groups attached to an aromatic ring is 1. The third-order valence-corrected chi connectivity index (χ3v) is 5.26. The number of pyridine rings is 2. The summed E-state index contributed by atoms with van der Waals surface area (Å²) >= 11 is 0. The molecule has 2 aromatic heterocycles. The Balaban J connectivity index is 0.00000181. The molecule has 6 heteroatoms. The molecular formula is C24H31N5O. The number of benzene rings is 1. The molecule has 3 N–H and O–H groups in total. The van der Waals surface area contributed by atoms with E-state index in [1.54, 1.807) is 18.3 Å². The monoisotopic (exact) mass is 405 g/mol. The quantitative estimate of drug-likeness (QED) is 0.619. The summed E-state index contributed by atoms with van der Waals surface area (Å²) in [4.78, 5) is 24.3. The lowest BCUT2D eigenvalue weighted by molar-refractivity contribution is 0.103. The van der Waals surface area contributed by atoms with E-state index in [9.17, 15) is 4.79 Å². The normalized spacial score (nSPS) is 16.7. The van der Waals surface area contributed by atoms with Crippen LogP contribution in [0.25, 0.3) is 6.08 Å². The molecule has 1 saturated heterocycles. The fraction of sp³-hybridized carbons (Fsp3) is 0.208. The maximum absolute atomic E-state index is 13.2. The molecule has 1 aliphatic rings. The van der Waals surface area contributed by atoms with Gasteiger partial charge in [-0.3, -0.25) is 4.79 Å². The third kappa shape index (κ3) is 4.09. The highest BCUT2D eigenvalue weighted by molar-refractivity contribution is 6.12. The number of piperazine rings is 1. The van der Waals surface area contributed by atoms with Gasteiger partial charge in [-0.25, -0.2) is 9.97 Å². The summed E-state index contributed by atoms with van der Waals surface area (Å²) in [7, 11) is 0. The highest BCUT2D eigenvalue weighted by atomic mass is 16.1. The summed E-state index contributed by atoms with van der Waals surface area (Å²) in [6, 6.07) is 17.9. The van der Waals surface area contributed by atoms with Gasteiger partial charge < -0.3 is 16.0 Å². The van der Waals surface area contributed by atoms with Crippen LogP contribution in [0.2, 0.25) is 0 Å². The van der Waals surface area contributed by atoms with Crippen LogP contribution in [0, 0.1) is 0 Å². The molecule has 0 aliphatic carbocycles. The molecule has 6 nitrogen and oxygen atoms in total. The molecule has 1 aliphatic heterocycles. The van der Waals surface area contributed by atoms with Crippen molar-refractivity contribution >= 4 is 23.5 Å². The van der Waals surface area contributed by atoms with E-state index >= 15 is 0 Å². The van der Waals surface area contributed by atoms with Crippen molar-refractivity contribution < 1.29 is 9.07 Å². The predicted molar refractivity (Wildman–Crippen MR) is 127 cm³/mol. The van der Waals surface area contributed by atoms with Crippen LogP contribution < -0.4 is 16.0 Å². The van der Waals surface area contributed by atoms with Crippen LogP contribution in [0.1, 0.15) is 44.4 Å². The van der Waals surface area contributed by atoms with Gasteiger partial charge in [0.2, 0.25) is 5.78 Å². The van der Waals surface area contributed by atoms with Crippen molar-refractivity contribution in [2.75, 3.05) is 30.3 Å². The molecule has 158 valence electrons. The minimum Gasteiger partial charge on any atom is -0.383 e. The first kappa shape index (κ1) is 19.8. The van der Waals surface area contributed by atoms with Crippen LogP contribution in [0.3, 0.4) is 0 Å². The molecule has 4 rings (SSSR count). The second kappa shape index (κ2) is 8.88. The Bertz CT molecular complexity index is 1080. The van der Waals surface area contributed by atoms with Crippen LogP contribution in [-0.4, -0.2) is 35.4 Å². The summed E-state index contributed by atoms with van der Waals surface area (Å²) in [6.07, 6.45) is 5.37. The van der Waals surface area contributed by atoms with E-state index in [4.69, 9.17) is 10.7 Å². The number of aromatic nitrogens is 2. The highest BCUT2D eigenvalue weighted by Crippen LogP contribution is 2.25. The number of rotatable bonds is 5. The number of ketones is 1. The number of anilines is 2. The topological polar surface area (TPSA) is 84.1 Å². The number of nitrogens with two attached hydrogens (primary N) is 1. The fourth-order valence-electron chi connectivity index (χ4n) is 3.74. The van der Waals surface area contributed by atoms with E-state index in [1.807, 2.05) is 37.3 Å². The molecule has 0 radical (unpaired) electrons. The molecular weight excluding hydrogens is 374 g/mol. The molecule has 0 saturated carbocycles. The molecule has 3 heterocycles. The van der Waals surface area contributed by atoms with Crippen molar-refractivity contribution in [1.82, 2.24) is 15.3 Å². The molecule has 0 amide bonds. The highest BCUT2D eigenvalue weighted by Gasteiger charge is 2.24. The summed E-state index contributed by atoms with van der Waals surface area (Å²) < 4.78 is 0. The van der Waals surface area contributed by atoms with Crippen molar-refractivity contribution in [3.05, 3.63) is 89.3 Å². The van der Waals surface area contributed by atoms with E-state index in [0.29, 0.717) is 11.3 Å². The summed E-state index contributed by atoms with van der Waals surface area (Å²) in [5.41, 5.74) is 8.72. The van der Waals surface area contributed by atoms with Gasteiger partial charge in [0, 0.05) is 41.7 Å². The van der Waals surface area contributed by atoms with Gasteiger partial charge in [-0.2, -0.15) is 0 Å². The van der Waals surface area contributed by atoms with Crippen molar-refractivity contribution in [2.24, 2.45) is 0 Å². The number of hydrogen-bond donors (Lipinski definition) is 2. The van der Waals surface area contributed by atoms with Crippen LogP contribution in [-0.2, 0) is 0 Å².